The van der Waals surface area contributed by atoms with Crippen LogP contribution in [0.25, 0.3) is 0 Å². The molecule has 0 radical (unpaired) electrons. The summed E-state index contributed by atoms with van der Waals surface area (Å²) in [4.78, 5) is 0. The summed E-state index contributed by atoms with van der Waals surface area (Å²) in [5.41, 5.74) is 1.16. The van der Waals surface area contributed by atoms with Crippen molar-refractivity contribution in [3.8, 4) is 0 Å². The minimum atomic E-state index is 0.575. The Bertz CT molecular complexity index is 241. The maximum Gasteiger partial charge on any atom is 0.00725 e. The Morgan fingerprint density at radius 2 is 1.88 bits per heavy atom. The fraction of sp³-hybridized carbons (Fsp3) is 1.00. The molecule has 17 heavy (non-hydrogen) atoms. The molecule has 2 aliphatic rings. The van der Waals surface area contributed by atoms with Gasteiger partial charge in [-0.3, -0.25) is 0 Å². The topological polar surface area (TPSA) is 24.1 Å². The van der Waals surface area contributed by atoms with E-state index >= 15 is 0 Å². The highest BCUT2D eigenvalue weighted by Crippen LogP contribution is 2.38. The van der Waals surface area contributed by atoms with E-state index in [-0.39, 0.29) is 0 Å². The lowest BCUT2D eigenvalue weighted by Gasteiger charge is -2.38. The lowest BCUT2D eigenvalue weighted by atomic mass is 9.76. The van der Waals surface area contributed by atoms with Crippen LogP contribution in [0.3, 0.4) is 0 Å². The second-order valence-electron chi connectivity index (χ2n) is 7.09. The standard InChI is InChI=1S/C15H30N2/c1-4-15(7-9-16-10-8-15)12-17-13-5-6-14(2,3)11-13/h13,16-17H,4-12H2,1-3H3. The smallest absolute Gasteiger partial charge is 0.00725 e. The molecule has 1 atom stereocenters. The Balaban J connectivity index is 1.80. The molecule has 1 aliphatic heterocycles. The van der Waals surface area contributed by atoms with Crippen LogP contribution in [-0.2, 0) is 0 Å². The minimum absolute atomic E-state index is 0.575. The summed E-state index contributed by atoms with van der Waals surface area (Å²) in [6.07, 6.45) is 8.18. The number of hydrogen-bond acceptors (Lipinski definition) is 2. The average molecular weight is 238 g/mol. The second-order valence-corrected chi connectivity index (χ2v) is 7.09. The summed E-state index contributed by atoms with van der Waals surface area (Å²) in [5.74, 6) is 0. The quantitative estimate of drug-likeness (QED) is 0.787. The predicted octanol–water partition coefficient (Wildman–Crippen LogP) is 2.93. The molecule has 0 bridgehead atoms. The molecule has 2 rings (SSSR count). The molecule has 1 saturated carbocycles. The first-order chi connectivity index (χ1) is 8.05. The van der Waals surface area contributed by atoms with Crippen LogP contribution in [0.4, 0.5) is 0 Å². The Kier molecular flexibility index (Phi) is 4.14. The van der Waals surface area contributed by atoms with Gasteiger partial charge in [0.15, 0.2) is 0 Å². The van der Waals surface area contributed by atoms with Crippen LogP contribution in [-0.4, -0.2) is 25.7 Å². The monoisotopic (exact) mass is 238 g/mol. The van der Waals surface area contributed by atoms with Crippen molar-refractivity contribution < 1.29 is 0 Å². The Labute approximate surface area is 107 Å². The Morgan fingerprint density at radius 1 is 1.18 bits per heavy atom. The van der Waals surface area contributed by atoms with E-state index in [0.717, 1.165) is 6.04 Å². The first-order valence-corrected chi connectivity index (χ1v) is 7.49. The summed E-state index contributed by atoms with van der Waals surface area (Å²) in [7, 11) is 0. The van der Waals surface area contributed by atoms with E-state index in [1.54, 1.807) is 0 Å². The number of hydrogen-bond donors (Lipinski definition) is 2. The molecule has 2 heteroatoms. The maximum atomic E-state index is 3.87. The lowest BCUT2D eigenvalue weighted by molar-refractivity contribution is 0.178. The van der Waals surface area contributed by atoms with Crippen LogP contribution in [0.1, 0.15) is 59.3 Å². The minimum Gasteiger partial charge on any atom is -0.317 e. The fourth-order valence-electron chi connectivity index (χ4n) is 3.58. The van der Waals surface area contributed by atoms with Crippen molar-refractivity contribution >= 4 is 0 Å². The van der Waals surface area contributed by atoms with Gasteiger partial charge in [-0.15, -0.1) is 0 Å². The molecule has 1 heterocycles. The van der Waals surface area contributed by atoms with E-state index in [0.29, 0.717) is 10.8 Å². The van der Waals surface area contributed by atoms with Gasteiger partial charge in [0.2, 0.25) is 0 Å². The molecular weight excluding hydrogens is 208 g/mol. The van der Waals surface area contributed by atoms with Gasteiger partial charge in [0.1, 0.15) is 0 Å². The molecule has 0 spiro atoms. The van der Waals surface area contributed by atoms with E-state index in [1.807, 2.05) is 0 Å². The highest BCUT2D eigenvalue weighted by molar-refractivity contribution is 4.90. The van der Waals surface area contributed by atoms with E-state index in [2.05, 4.69) is 31.4 Å². The Hall–Kier alpha value is -0.0800. The summed E-state index contributed by atoms with van der Waals surface area (Å²) in [6.45, 7) is 10.9. The van der Waals surface area contributed by atoms with Gasteiger partial charge < -0.3 is 10.6 Å². The molecule has 1 unspecified atom stereocenters. The van der Waals surface area contributed by atoms with Crippen molar-refractivity contribution in [1.29, 1.82) is 0 Å². The van der Waals surface area contributed by atoms with Gasteiger partial charge in [-0.2, -0.15) is 0 Å². The van der Waals surface area contributed by atoms with Gasteiger partial charge in [0, 0.05) is 12.6 Å². The molecule has 2 fully saturated rings. The fourth-order valence-corrected chi connectivity index (χ4v) is 3.58. The van der Waals surface area contributed by atoms with Crippen LogP contribution in [0, 0.1) is 10.8 Å². The molecular formula is C15H30N2. The summed E-state index contributed by atoms with van der Waals surface area (Å²) in [6, 6.07) is 0.781. The van der Waals surface area contributed by atoms with Gasteiger partial charge in [-0.25, -0.2) is 0 Å². The van der Waals surface area contributed by atoms with Crippen molar-refractivity contribution in [1.82, 2.24) is 10.6 Å². The highest BCUT2D eigenvalue weighted by atomic mass is 15.0. The van der Waals surface area contributed by atoms with E-state index in [4.69, 9.17) is 0 Å². The molecule has 1 saturated heterocycles. The number of nitrogens with one attached hydrogen (secondary N) is 2. The molecule has 2 nitrogen and oxygen atoms in total. The number of piperidine rings is 1. The van der Waals surface area contributed by atoms with E-state index < -0.39 is 0 Å². The predicted molar refractivity (Wildman–Crippen MR) is 74.3 cm³/mol. The van der Waals surface area contributed by atoms with Gasteiger partial charge >= 0.3 is 0 Å². The van der Waals surface area contributed by atoms with E-state index in [9.17, 15) is 0 Å². The number of rotatable bonds is 4. The third kappa shape index (κ3) is 3.45. The van der Waals surface area contributed by atoms with Crippen molar-refractivity contribution in [2.75, 3.05) is 19.6 Å². The zero-order valence-electron chi connectivity index (χ0n) is 11.9. The average Bonchev–Trinajstić information content (AvgIpc) is 2.68. The molecule has 100 valence electrons. The van der Waals surface area contributed by atoms with Crippen LogP contribution >= 0.6 is 0 Å². The first-order valence-electron chi connectivity index (χ1n) is 7.49. The van der Waals surface area contributed by atoms with Crippen molar-refractivity contribution in [3.05, 3.63) is 0 Å². The van der Waals surface area contributed by atoms with Crippen molar-refractivity contribution in [2.24, 2.45) is 10.8 Å². The normalized spacial score (nSPS) is 31.6. The molecule has 1 aliphatic carbocycles. The largest absolute Gasteiger partial charge is 0.317 e. The van der Waals surface area contributed by atoms with Crippen LogP contribution < -0.4 is 10.6 Å². The molecule has 0 aromatic carbocycles. The zero-order chi connectivity index (χ0) is 12.4. The highest BCUT2D eigenvalue weighted by Gasteiger charge is 2.34. The lowest BCUT2D eigenvalue weighted by Crippen LogP contribution is -2.45. The molecule has 0 amide bonds. The molecule has 0 aromatic rings. The van der Waals surface area contributed by atoms with Gasteiger partial charge in [0.25, 0.3) is 0 Å². The molecule has 2 N–H and O–H groups in total. The maximum absolute atomic E-state index is 3.87. The first kappa shape index (κ1) is 13.4. The Morgan fingerprint density at radius 3 is 2.41 bits per heavy atom. The third-order valence-electron chi connectivity index (χ3n) is 5.15. The molecule has 0 aromatic heterocycles. The van der Waals surface area contributed by atoms with E-state index in [1.165, 1.54) is 58.2 Å². The summed E-state index contributed by atoms with van der Waals surface area (Å²) < 4.78 is 0. The van der Waals surface area contributed by atoms with Gasteiger partial charge in [-0.05, 0) is 62.4 Å². The van der Waals surface area contributed by atoms with Gasteiger partial charge in [0.05, 0.1) is 0 Å². The SMILES string of the molecule is CCC1(CNC2CCC(C)(C)C2)CCNCC1. The van der Waals surface area contributed by atoms with Gasteiger partial charge in [-0.1, -0.05) is 20.8 Å². The van der Waals surface area contributed by atoms with Crippen molar-refractivity contribution in [3.63, 3.8) is 0 Å². The summed E-state index contributed by atoms with van der Waals surface area (Å²) in [5, 5.41) is 7.36. The summed E-state index contributed by atoms with van der Waals surface area (Å²) >= 11 is 0. The third-order valence-corrected chi connectivity index (χ3v) is 5.15. The second kappa shape index (κ2) is 5.27. The zero-order valence-corrected chi connectivity index (χ0v) is 11.9. The van der Waals surface area contributed by atoms with Crippen molar-refractivity contribution in [2.45, 2.75) is 65.3 Å². The van der Waals surface area contributed by atoms with Crippen LogP contribution in [0.15, 0.2) is 0 Å². The van der Waals surface area contributed by atoms with Crippen LogP contribution in [0.2, 0.25) is 0 Å². The van der Waals surface area contributed by atoms with Crippen LogP contribution in [0.5, 0.6) is 0 Å².